The molecule has 1 aliphatic heterocycles. The summed E-state index contributed by atoms with van der Waals surface area (Å²) in [7, 11) is 1.57. The first-order valence-electron chi connectivity index (χ1n) is 12.8. The van der Waals surface area contributed by atoms with Crippen LogP contribution in [-0.2, 0) is 4.79 Å². The largest absolute Gasteiger partial charge is 0.494 e. The molecule has 0 saturated carbocycles. The minimum atomic E-state index is -0.329. The minimum Gasteiger partial charge on any atom is -0.494 e. The number of hydrogen-bond acceptors (Lipinski definition) is 6. The molecule has 200 valence electrons. The van der Waals surface area contributed by atoms with E-state index in [1.165, 1.54) is 0 Å². The Bertz CT molecular complexity index is 1460. The van der Waals surface area contributed by atoms with Gasteiger partial charge in [0, 0.05) is 29.9 Å². The molecule has 2 aromatic heterocycles. The van der Waals surface area contributed by atoms with Crippen LogP contribution in [0.1, 0.15) is 43.8 Å². The van der Waals surface area contributed by atoms with E-state index in [1.807, 2.05) is 84.6 Å². The number of rotatable bonds is 9. The predicted octanol–water partition coefficient (Wildman–Crippen LogP) is 6.27. The molecule has 2 N–H and O–H groups in total. The Morgan fingerprint density at radius 3 is 2.62 bits per heavy atom. The van der Waals surface area contributed by atoms with Crippen LogP contribution in [0.5, 0.6) is 11.5 Å². The summed E-state index contributed by atoms with van der Waals surface area (Å²) in [5, 5.41) is 6.85. The number of pyridine rings is 1. The fraction of sp³-hybridized carbons (Fsp3) is 0.233. The Hall–Kier alpha value is -4.37. The van der Waals surface area contributed by atoms with Gasteiger partial charge in [-0.3, -0.25) is 9.78 Å². The van der Waals surface area contributed by atoms with Gasteiger partial charge in [0.1, 0.15) is 29.1 Å². The zero-order valence-corrected chi connectivity index (χ0v) is 22.8. The first-order valence-corrected chi connectivity index (χ1v) is 13.2. The lowest BCUT2D eigenvalue weighted by Crippen LogP contribution is -2.29. The summed E-state index contributed by atoms with van der Waals surface area (Å²) in [6, 6.07) is 22.6. The average Bonchev–Trinajstić information content (AvgIpc) is 3.59. The van der Waals surface area contributed by atoms with Gasteiger partial charge in [0.15, 0.2) is 5.11 Å². The number of anilines is 2. The fourth-order valence-electron chi connectivity index (χ4n) is 4.64. The highest BCUT2D eigenvalue weighted by Crippen LogP contribution is 2.44. The lowest BCUT2D eigenvalue weighted by atomic mass is 10.0. The minimum absolute atomic E-state index is 0.0927. The van der Waals surface area contributed by atoms with Crippen molar-refractivity contribution in [2.24, 2.45) is 0 Å². The number of furan rings is 1. The maximum absolute atomic E-state index is 12.0. The number of benzene rings is 2. The standard InChI is InChI=1S/C30H30N4O4S/c1-4-27(35)32-22-14-11-20(18-26(22)36-3)34-29(28(33-30(34)39)23-8-6-7-17-31-23)25-16-15-24(38-25)19-9-12-21(13-10-19)37-5-2/h6-18,28-29H,4-5H2,1-3H3,(H,32,35)(H,33,39)/t28-,29-/m0/s1. The van der Waals surface area contributed by atoms with Gasteiger partial charge in [0.05, 0.1) is 31.1 Å². The van der Waals surface area contributed by atoms with E-state index in [4.69, 9.17) is 26.1 Å². The summed E-state index contributed by atoms with van der Waals surface area (Å²) >= 11 is 5.84. The number of carbonyl (C=O) groups is 1. The zero-order chi connectivity index (χ0) is 27.4. The smallest absolute Gasteiger partial charge is 0.224 e. The lowest BCUT2D eigenvalue weighted by Gasteiger charge is -2.27. The van der Waals surface area contributed by atoms with Crippen LogP contribution in [0.25, 0.3) is 11.3 Å². The highest BCUT2D eigenvalue weighted by molar-refractivity contribution is 7.80. The molecule has 0 radical (unpaired) electrons. The Morgan fingerprint density at radius 1 is 1.10 bits per heavy atom. The van der Waals surface area contributed by atoms with E-state index in [0.29, 0.717) is 29.6 Å². The van der Waals surface area contributed by atoms with E-state index in [9.17, 15) is 4.79 Å². The summed E-state index contributed by atoms with van der Waals surface area (Å²) in [6.45, 7) is 4.37. The number of methoxy groups -OCH3 is 1. The van der Waals surface area contributed by atoms with Crippen LogP contribution in [-0.4, -0.2) is 29.7 Å². The highest BCUT2D eigenvalue weighted by atomic mass is 32.1. The van der Waals surface area contributed by atoms with Gasteiger partial charge in [-0.15, -0.1) is 0 Å². The summed E-state index contributed by atoms with van der Waals surface area (Å²) in [5.74, 6) is 2.72. The van der Waals surface area contributed by atoms with Gasteiger partial charge in [0.2, 0.25) is 5.91 Å². The normalized spacial score (nSPS) is 16.6. The molecule has 39 heavy (non-hydrogen) atoms. The van der Waals surface area contributed by atoms with Crippen LogP contribution < -0.4 is 25.0 Å². The molecule has 1 aliphatic rings. The zero-order valence-electron chi connectivity index (χ0n) is 22.0. The second-order valence-corrected chi connectivity index (χ2v) is 9.33. The van der Waals surface area contributed by atoms with Crippen LogP contribution in [0.2, 0.25) is 0 Å². The van der Waals surface area contributed by atoms with Crippen molar-refractivity contribution in [1.82, 2.24) is 10.3 Å². The molecule has 1 fully saturated rings. The van der Waals surface area contributed by atoms with Crippen LogP contribution in [0.3, 0.4) is 0 Å². The lowest BCUT2D eigenvalue weighted by molar-refractivity contribution is -0.115. The molecule has 2 atom stereocenters. The molecule has 9 heteroatoms. The van der Waals surface area contributed by atoms with Crippen LogP contribution >= 0.6 is 12.2 Å². The third-order valence-corrected chi connectivity index (χ3v) is 6.84. The number of nitrogens with one attached hydrogen (secondary N) is 2. The molecule has 8 nitrogen and oxygen atoms in total. The number of amides is 1. The van der Waals surface area contributed by atoms with Crippen molar-refractivity contribution in [3.63, 3.8) is 0 Å². The van der Waals surface area contributed by atoms with E-state index in [2.05, 4.69) is 15.6 Å². The van der Waals surface area contributed by atoms with E-state index < -0.39 is 0 Å². The third-order valence-electron chi connectivity index (χ3n) is 6.52. The number of hydrogen-bond donors (Lipinski definition) is 2. The van der Waals surface area contributed by atoms with Crippen molar-refractivity contribution >= 4 is 34.6 Å². The Labute approximate surface area is 233 Å². The van der Waals surface area contributed by atoms with Crippen molar-refractivity contribution in [2.75, 3.05) is 23.9 Å². The monoisotopic (exact) mass is 542 g/mol. The van der Waals surface area contributed by atoms with E-state index in [0.717, 1.165) is 34.2 Å². The quantitative estimate of drug-likeness (QED) is 0.239. The molecule has 2 aromatic carbocycles. The maximum Gasteiger partial charge on any atom is 0.224 e. The van der Waals surface area contributed by atoms with Gasteiger partial charge >= 0.3 is 0 Å². The van der Waals surface area contributed by atoms with Crippen molar-refractivity contribution in [2.45, 2.75) is 32.4 Å². The maximum atomic E-state index is 12.0. The highest BCUT2D eigenvalue weighted by Gasteiger charge is 2.42. The molecule has 1 amide bonds. The van der Waals surface area contributed by atoms with Gasteiger partial charge in [0.25, 0.3) is 0 Å². The molecule has 0 spiro atoms. The molecular formula is C30H30N4O4S. The van der Waals surface area contributed by atoms with Gasteiger partial charge in [-0.1, -0.05) is 13.0 Å². The topological polar surface area (TPSA) is 88.9 Å². The first kappa shape index (κ1) is 26.2. The molecule has 5 rings (SSSR count). The van der Waals surface area contributed by atoms with E-state index in [1.54, 1.807) is 20.2 Å². The fourth-order valence-corrected chi connectivity index (χ4v) is 4.99. The van der Waals surface area contributed by atoms with Crippen LogP contribution in [0.15, 0.2) is 83.4 Å². The SMILES string of the molecule is CCOc1ccc(-c2ccc([C@H]3[C@H](c4ccccn4)NC(=S)N3c3ccc(NC(=O)CC)c(OC)c3)o2)cc1. The van der Waals surface area contributed by atoms with Gasteiger partial charge in [-0.05, 0) is 79.8 Å². The van der Waals surface area contributed by atoms with Crippen LogP contribution in [0, 0.1) is 0 Å². The third kappa shape index (κ3) is 5.44. The molecular weight excluding hydrogens is 512 g/mol. The number of nitrogens with zero attached hydrogens (tertiary/aromatic N) is 2. The van der Waals surface area contributed by atoms with Crippen molar-refractivity contribution in [3.05, 3.63) is 90.4 Å². The number of ether oxygens (including phenoxy) is 2. The average molecular weight is 543 g/mol. The summed E-state index contributed by atoms with van der Waals surface area (Å²) < 4.78 is 17.6. The number of thiocarbonyl (C=S) groups is 1. The Morgan fingerprint density at radius 2 is 1.92 bits per heavy atom. The molecule has 0 aliphatic carbocycles. The molecule has 4 aromatic rings. The molecule has 3 heterocycles. The van der Waals surface area contributed by atoms with Crippen molar-refractivity contribution in [3.8, 4) is 22.8 Å². The second-order valence-electron chi connectivity index (χ2n) is 8.94. The summed E-state index contributed by atoms with van der Waals surface area (Å²) in [6.07, 6.45) is 2.13. The summed E-state index contributed by atoms with van der Waals surface area (Å²) in [5.41, 5.74) is 3.17. The van der Waals surface area contributed by atoms with Crippen molar-refractivity contribution < 1.29 is 18.7 Å². The second kappa shape index (κ2) is 11.6. The number of carbonyl (C=O) groups excluding carboxylic acids is 1. The van der Waals surface area contributed by atoms with Gasteiger partial charge in [-0.25, -0.2) is 0 Å². The van der Waals surface area contributed by atoms with Crippen LogP contribution in [0.4, 0.5) is 11.4 Å². The van der Waals surface area contributed by atoms with E-state index in [-0.39, 0.29) is 18.0 Å². The summed E-state index contributed by atoms with van der Waals surface area (Å²) in [4.78, 5) is 18.6. The molecule has 0 unspecified atom stereocenters. The first-order chi connectivity index (χ1) is 19.0. The van der Waals surface area contributed by atoms with Crippen molar-refractivity contribution in [1.29, 1.82) is 0 Å². The molecule has 0 bridgehead atoms. The number of aromatic nitrogens is 1. The van der Waals surface area contributed by atoms with Gasteiger partial charge < -0.3 is 29.4 Å². The van der Waals surface area contributed by atoms with Gasteiger partial charge in [-0.2, -0.15) is 0 Å². The Kier molecular flexibility index (Phi) is 7.79. The molecule has 1 saturated heterocycles. The Balaban J connectivity index is 1.54. The predicted molar refractivity (Wildman–Crippen MR) is 155 cm³/mol. The van der Waals surface area contributed by atoms with E-state index >= 15 is 0 Å².